The zero-order valence-corrected chi connectivity index (χ0v) is 14.5. The van der Waals surface area contributed by atoms with Crippen LogP contribution in [0.25, 0.3) is 0 Å². The lowest BCUT2D eigenvalue weighted by Gasteiger charge is -2.26. The van der Waals surface area contributed by atoms with E-state index >= 15 is 0 Å². The van der Waals surface area contributed by atoms with Gasteiger partial charge in [0.25, 0.3) is 0 Å². The molecule has 1 saturated heterocycles. The van der Waals surface area contributed by atoms with Crippen LogP contribution < -0.4 is 10.5 Å². The number of hydrogen-bond acceptors (Lipinski definition) is 5. The van der Waals surface area contributed by atoms with Gasteiger partial charge in [-0.25, -0.2) is 18.1 Å². The van der Waals surface area contributed by atoms with Crippen molar-refractivity contribution < 1.29 is 13.2 Å². The van der Waals surface area contributed by atoms with Crippen molar-refractivity contribution in [1.29, 1.82) is 0 Å². The van der Waals surface area contributed by atoms with Crippen LogP contribution >= 0.6 is 15.9 Å². The molecule has 2 heterocycles. The maximum absolute atomic E-state index is 12.2. The summed E-state index contributed by atoms with van der Waals surface area (Å²) in [6, 6.07) is 1.39. The van der Waals surface area contributed by atoms with Crippen molar-refractivity contribution in [2.75, 3.05) is 25.4 Å². The van der Waals surface area contributed by atoms with E-state index in [1.54, 1.807) is 4.90 Å². The molecule has 122 valence electrons. The second kappa shape index (κ2) is 7.38. The lowest BCUT2D eigenvalue weighted by Crippen LogP contribution is -2.37. The van der Waals surface area contributed by atoms with Crippen LogP contribution in [0.3, 0.4) is 0 Å². The Balaban J connectivity index is 1.92. The number of likely N-dealkylation sites (tertiary alicyclic amines) is 1. The molecule has 1 aliphatic heterocycles. The second-order valence-electron chi connectivity index (χ2n) is 5.13. The fraction of sp³-hybridized carbons (Fsp3) is 0.538. The van der Waals surface area contributed by atoms with Crippen LogP contribution in [0.5, 0.6) is 0 Å². The van der Waals surface area contributed by atoms with Crippen molar-refractivity contribution in [3.05, 3.63) is 16.7 Å². The van der Waals surface area contributed by atoms with E-state index < -0.39 is 10.0 Å². The summed E-state index contributed by atoms with van der Waals surface area (Å²) in [6.45, 7) is 1.56. The van der Waals surface area contributed by atoms with Crippen molar-refractivity contribution in [3.63, 3.8) is 0 Å². The van der Waals surface area contributed by atoms with Gasteiger partial charge < -0.3 is 10.6 Å². The number of nitrogens with two attached hydrogens (primary N) is 1. The van der Waals surface area contributed by atoms with E-state index in [-0.39, 0.29) is 29.6 Å². The van der Waals surface area contributed by atoms with E-state index in [2.05, 4.69) is 25.6 Å². The minimum atomic E-state index is -3.78. The number of anilines is 1. The molecule has 1 aliphatic rings. The molecule has 1 amide bonds. The monoisotopic (exact) mass is 390 g/mol. The predicted octanol–water partition coefficient (Wildman–Crippen LogP) is 1.11. The fourth-order valence-corrected chi connectivity index (χ4v) is 3.94. The number of aromatic nitrogens is 1. The Hall–Kier alpha value is -1.19. The Morgan fingerprint density at radius 3 is 2.73 bits per heavy atom. The predicted molar refractivity (Wildman–Crippen MR) is 86.6 cm³/mol. The maximum atomic E-state index is 12.2. The number of amides is 1. The number of halogens is 1. The molecule has 0 aromatic carbocycles. The van der Waals surface area contributed by atoms with E-state index in [1.165, 1.54) is 12.3 Å². The lowest BCUT2D eigenvalue weighted by molar-refractivity contribution is -0.131. The van der Waals surface area contributed by atoms with Crippen LogP contribution in [-0.4, -0.2) is 43.8 Å². The van der Waals surface area contributed by atoms with E-state index in [9.17, 15) is 13.2 Å². The van der Waals surface area contributed by atoms with Gasteiger partial charge in [0, 0.05) is 36.7 Å². The molecule has 0 radical (unpaired) electrons. The highest BCUT2D eigenvalue weighted by Gasteiger charge is 2.20. The second-order valence-corrected chi connectivity index (χ2v) is 7.78. The maximum Gasteiger partial charge on any atom is 0.244 e. The van der Waals surface area contributed by atoms with Crippen LogP contribution in [0.15, 0.2) is 21.6 Å². The van der Waals surface area contributed by atoms with Crippen molar-refractivity contribution in [3.8, 4) is 0 Å². The number of nitrogens with one attached hydrogen (secondary N) is 1. The minimum absolute atomic E-state index is 0.0252. The average molecular weight is 391 g/mol. The standard InChI is InChI=1S/C13H19BrN4O3S/c14-10-8-11(13(15)16-9-10)22(20,21)17-5-4-12(19)18-6-2-1-3-7-18/h8-9,17H,1-7H2,(H2,15,16). The molecule has 2 rings (SSSR count). The van der Waals surface area contributed by atoms with Crippen LogP contribution in [-0.2, 0) is 14.8 Å². The number of pyridine rings is 1. The summed E-state index contributed by atoms with van der Waals surface area (Å²) in [7, 11) is -3.78. The Kier molecular flexibility index (Phi) is 5.76. The first-order valence-corrected chi connectivity index (χ1v) is 9.36. The van der Waals surface area contributed by atoms with Gasteiger partial charge in [-0.2, -0.15) is 0 Å². The zero-order valence-electron chi connectivity index (χ0n) is 12.1. The molecule has 3 N–H and O–H groups in total. The highest BCUT2D eigenvalue weighted by Crippen LogP contribution is 2.20. The normalized spacial score (nSPS) is 15.8. The summed E-state index contributed by atoms with van der Waals surface area (Å²) in [5.74, 6) is -0.0965. The molecule has 0 aliphatic carbocycles. The number of carbonyl (C=O) groups is 1. The van der Waals surface area contributed by atoms with Crippen LogP contribution in [0.2, 0.25) is 0 Å². The number of piperidine rings is 1. The SMILES string of the molecule is Nc1ncc(Br)cc1S(=O)(=O)NCCC(=O)N1CCCCC1. The molecule has 22 heavy (non-hydrogen) atoms. The quantitative estimate of drug-likeness (QED) is 0.782. The van der Waals surface area contributed by atoms with Gasteiger partial charge in [-0.1, -0.05) is 0 Å². The number of rotatable bonds is 5. The molecule has 1 aromatic rings. The molecular weight excluding hydrogens is 372 g/mol. The first-order chi connectivity index (χ1) is 10.4. The minimum Gasteiger partial charge on any atom is -0.383 e. The first-order valence-electron chi connectivity index (χ1n) is 7.08. The molecule has 0 bridgehead atoms. The Bertz CT molecular complexity index is 645. The summed E-state index contributed by atoms with van der Waals surface area (Å²) in [6.07, 6.45) is 4.73. The largest absolute Gasteiger partial charge is 0.383 e. The number of nitrogens with zero attached hydrogens (tertiary/aromatic N) is 2. The molecule has 1 fully saturated rings. The molecule has 0 saturated carbocycles. The number of sulfonamides is 1. The van der Waals surface area contributed by atoms with Gasteiger partial charge in [0.1, 0.15) is 10.7 Å². The first kappa shape index (κ1) is 17.2. The highest BCUT2D eigenvalue weighted by molar-refractivity contribution is 9.10. The van der Waals surface area contributed by atoms with E-state index in [4.69, 9.17) is 5.73 Å². The molecular formula is C13H19BrN4O3S. The summed E-state index contributed by atoms with van der Waals surface area (Å²) >= 11 is 3.16. The van der Waals surface area contributed by atoms with Gasteiger partial charge in [-0.15, -0.1) is 0 Å². The van der Waals surface area contributed by atoms with E-state index in [0.29, 0.717) is 4.47 Å². The van der Waals surface area contributed by atoms with Gasteiger partial charge in [-0.05, 0) is 41.3 Å². The third-order valence-corrected chi connectivity index (χ3v) is 5.40. The number of hydrogen-bond donors (Lipinski definition) is 2. The summed E-state index contributed by atoms with van der Waals surface area (Å²) in [5.41, 5.74) is 5.60. The van der Waals surface area contributed by atoms with Crippen molar-refractivity contribution in [1.82, 2.24) is 14.6 Å². The van der Waals surface area contributed by atoms with Gasteiger partial charge in [0.15, 0.2) is 0 Å². The number of carbonyl (C=O) groups excluding carboxylic acids is 1. The van der Waals surface area contributed by atoms with Crippen molar-refractivity contribution in [2.45, 2.75) is 30.6 Å². The molecule has 9 heteroatoms. The molecule has 0 spiro atoms. The summed E-state index contributed by atoms with van der Waals surface area (Å²) in [4.78, 5) is 17.5. The zero-order chi connectivity index (χ0) is 16.2. The summed E-state index contributed by atoms with van der Waals surface area (Å²) < 4.78 is 27.3. The fourth-order valence-electron chi connectivity index (χ4n) is 2.32. The van der Waals surface area contributed by atoms with E-state index in [1.807, 2.05) is 0 Å². The van der Waals surface area contributed by atoms with Gasteiger partial charge >= 0.3 is 0 Å². The Morgan fingerprint density at radius 2 is 2.05 bits per heavy atom. The average Bonchev–Trinajstić information content (AvgIpc) is 2.50. The molecule has 7 nitrogen and oxygen atoms in total. The van der Waals surface area contributed by atoms with Gasteiger partial charge in [-0.3, -0.25) is 4.79 Å². The van der Waals surface area contributed by atoms with Gasteiger partial charge in [0.2, 0.25) is 15.9 Å². The topological polar surface area (TPSA) is 105 Å². The third kappa shape index (κ3) is 4.40. The lowest BCUT2D eigenvalue weighted by atomic mass is 10.1. The van der Waals surface area contributed by atoms with Gasteiger partial charge in [0.05, 0.1) is 0 Å². The van der Waals surface area contributed by atoms with Crippen molar-refractivity contribution >= 4 is 37.7 Å². The number of nitrogen functional groups attached to an aromatic ring is 1. The molecule has 1 aromatic heterocycles. The van der Waals surface area contributed by atoms with Crippen LogP contribution in [0.4, 0.5) is 5.82 Å². The molecule has 0 atom stereocenters. The van der Waals surface area contributed by atoms with Crippen LogP contribution in [0, 0.1) is 0 Å². The Labute approximate surface area is 138 Å². The van der Waals surface area contributed by atoms with E-state index in [0.717, 1.165) is 32.4 Å². The Morgan fingerprint density at radius 1 is 1.36 bits per heavy atom. The van der Waals surface area contributed by atoms with Crippen molar-refractivity contribution in [2.24, 2.45) is 0 Å². The highest BCUT2D eigenvalue weighted by atomic mass is 79.9. The molecule has 0 unspecified atom stereocenters. The summed E-state index contributed by atoms with van der Waals surface area (Å²) in [5, 5.41) is 0. The van der Waals surface area contributed by atoms with Crippen LogP contribution in [0.1, 0.15) is 25.7 Å². The smallest absolute Gasteiger partial charge is 0.244 e. The third-order valence-electron chi connectivity index (χ3n) is 3.48.